The summed E-state index contributed by atoms with van der Waals surface area (Å²) in [5.41, 5.74) is 0.364. The third-order valence-electron chi connectivity index (χ3n) is 2.02. The molecular formula is C9H6F3N3O2S. The zero-order valence-electron chi connectivity index (χ0n) is 8.93. The van der Waals surface area contributed by atoms with Crippen LogP contribution in [0.1, 0.15) is 5.89 Å². The number of amides is 1. The van der Waals surface area contributed by atoms with E-state index in [-0.39, 0.29) is 5.82 Å². The molecule has 0 atom stereocenters. The molecule has 0 radical (unpaired) electrons. The molecule has 0 saturated heterocycles. The standard InChI is InChI=1S/C9H6F3N3O2S/c1-15(4-16)6-2-5(3-18-6)7-13-8(17-14-7)9(10,11)12/h2-4H,1H3. The molecule has 2 heterocycles. The van der Waals surface area contributed by atoms with E-state index < -0.39 is 12.1 Å². The number of rotatable bonds is 3. The topological polar surface area (TPSA) is 59.2 Å². The molecule has 2 aromatic rings. The molecule has 0 aromatic carbocycles. The molecular weight excluding hydrogens is 271 g/mol. The van der Waals surface area contributed by atoms with Gasteiger partial charge in [0, 0.05) is 18.0 Å². The van der Waals surface area contributed by atoms with E-state index in [1.54, 1.807) is 5.38 Å². The summed E-state index contributed by atoms with van der Waals surface area (Å²) >= 11 is 1.19. The van der Waals surface area contributed by atoms with Crippen LogP contribution in [0.15, 0.2) is 16.0 Å². The smallest absolute Gasteiger partial charge is 0.329 e. The number of aromatic nitrogens is 2. The molecule has 2 rings (SSSR count). The molecule has 0 fully saturated rings. The Hall–Kier alpha value is -1.90. The third-order valence-corrected chi connectivity index (χ3v) is 3.04. The molecule has 18 heavy (non-hydrogen) atoms. The number of thiophene rings is 1. The molecule has 0 N–H and O–H groups in total. The van der Waals surface area contributed by atoms with Gasteiger partial charge in [-0.05, 0) is 6.07 Å². The average Bonchev–Trinajstić information content (AvgIpc) is 2.94. The summed E-state index contributed by atoms with van der Waals surface area (Å²) in [6.07, 6.45) is -4.07. The lowest BCUT2D eigenvalue weighted by atomic mass is 10.3. The minimum atomic E-state index is -4.66. The predicted octanol–water partition coefficient (Wildman–Crippen LogP) is 2.41. The van der Waals surface area contributed by atoms with E-state index in [1.807, 2.05) is 0 Å². The highest BCUT2D eigenvalue weighted by atomic mass is 32.1. The number of hydrogen-bond donors (Lipinski definition) is 0. The molecule has 0 spiro atoms. The second kappa shape index (κ2) is 4.41. The quantitative estimate of drug-likeness (QED) is 0.808. The van der Waals surface area contributed by atoms with Crippen LogP contribution in [0, 0.1) is 0 Å². The Morgan fingerprint density at radius 2 is 2.22 bits per heavy atom. The van der Waals surface area contributed by atoms with Crippen LogP contribution in [0.2, 0.25) is 0 Å². The Morgan fingerprint density at radius 3 is 2.78 bits per heavy atom. The van der Waals surface area contributed by atoms with Gasteiger partial charge in [-0.15, -0.1) is 11.3 Å². The van der Waals surface area contributed by atoms with Gasteiger partial charge in [-0.2, -0.15) is 18.2 Å². The molecule has 0 aliphatic heterocycles. The molecule has 0 bridgehead atoms. The minimum Gasteiger partial charge on any atom is -0.329 e. The van der Waals surface area contributed by atoms with Crippen molar-refractivity contribution in [3.8, 4) is 11.4 Å². The zero-order chi connectivity index (χ0) is 13.3. The summed E-state index contributed by atoms with van der Waals surface area (Å²) in [6.45, 7) is 0. The zero-order valence-corrected chi connectivity index (χ0v) is 9.75. The fourth-order valence-corrected chi connectivity index (χ4v) is 1.96. The van der Waals surface area contributed by atoms with Gasteiger partial charge < -0.3 is 9.42 Å². The normalized spacial score (nSPS) is 11.6. The summed E-state index contributed by atoms with van der Waals surface area (Å²) in [6, 6.07) is 1.50. The van der Waals surface area contributed by atoms with E-state index in [0.29, 0.717) is 17.0 Å². The largest absolute Gasteiger partial charge is 0.471 e. The molecule has 1 amide bonds. The van der Waals surface area contributed by atoms with Crippen molar-refractivity contribution in [1.29, 1.82) is 0 Å². The molecule has 0 aliphatic carbocycles. The van der Waals surface area contributed by atoms with Crippen molar-refractivity contribution < 1.29 is 22.5 Å². The number of halogens is 3. The Labute approximate surface area is 103 Å². The van der Waals surface area contributed by atoms with Crippen molar-refractivity contribution in [2.75, 3.05) is 11.9 Å². The molecule has 96 valence electrons. The summed E-state index contributed by atoms with van der Waals surface area (Å²) < 4.78 is 40.9. The van der Waals surface area contributed by atoms with E-state index in [4.69, 9.17) is 0 Å². The van der Waals surface area contributed by atoms with Crippen molar-refractivity contribution in [3.05, 3.63) is 17.3 Å². The SMILES string of the molecule is CN(C=O)c1cc(-c2noc(C(F)(F)F)n2)cs1. The van der Waals surface area contributed by atoms with Crippen LogP contribution in [-0.4, -0.2) is 23.6 Å². The molecule has 9 heteroatoms. The first kappa shape index (κ1) is 12.6. The molecule has 2 aromatic heterocycles. The first-order valence-corrected chi connectivity index (χ1v) is 5.47. The average molecular weight is 277 g/mol. The van der Waals surface area contributed by atoms with Gasteiger partial charge in [-0.1, -0.05) is 5.16 Å². The van der Waals surface area contributed by atoms with E-state index in [1.165, 1.54) is 29.4 Å². The van der Waals surface area contributed by atoms with Crippen molar-refractivity contribution in [2.24, 2.45) is 0 Å². The van der Waals surface area contributed by atoms with Crippen molar-refractivity contribution >= 4 is 22.7 Å². The van der Waals surface area contributed by atoms with Crippen LogP contribution in [-0.2, 0) is 11.0 Å². The summed E-state index contributed by atoms with van der Waals surface area (Å²) in [7, 11) is 1.53. The highest BCUT2D eigenvalue weighted by Gasteiger charge is 2.38. The fraction of sp³-hybridized carbons (Fsp3) is 0.222. The number of hydrogen-bond acceptors (Lipinski definition) is 5. The second-order valence-electron chi connectivity index (χ2n) is 3.31. The van der Waals surface area contributed by atoms with Gasteiger partial charge in [0.05, 0.1) is 5.00 Å². The lowest BCUT2D eigenvalue weighted by molar-refractivity contribution is -0.159. The van der Waals surface area contributed by atoms with Crippen molar-refractivity contribution in [2.45, 2.75) is 6.18 Å². The highest BCUT2D eigenvalue weighted by Crippen LogP contribution is 2.32. The fourth-order valence-electron chi connectivity index (χ4n) is 1.13. The van der Waals surface area contributed by atoms with Crippen LogP contribution in [0.4, 0.5) is 18.2 Å². The van der Waals surface area contributed by atoms with Gasteiger partial charge in [0.2, 0.25) is 12.2 Å². The van der Waals surface area contributed by atoms with Crippen molar-refractivity contribution in [3.63, 3.8) is 0 Å². The molecule has 0 aliphatic rings. The molecule has 5 nitrogen and oxygen atoms in total. The first-order chi connectivity index (χ1) is 8.41. The van der Waals surface area contributed by atoms with Crippen LogP contribution in [0.5, 0.6) is 0 Å². The number of anilines is 1. The van der Waals surface area contributed by atoms with E-state index in [2.05, 4.69) is 14.7 Å². The van der Waals surface area contributed by atoms with E-state index in [0.717, 1.165) is 0 Å². The number of carbonyl (C=O) groups excluding carboxylic acids is 1. The highest BCUT2D eigenvalue weighted by molar-refractivity contribution is 7.14. The van der Waals surface area contributed by atoms with Gasteiger partial charge in [-0.3, -0.25) is 4.79 Å². The van der Waals surface area contributed by atoms with Gasteiger partial charge in [-0.25, -0.2) is 0 Å². The lowest BCUT2D eigenvalue weighted by Gasteiger charge is -2.04. The summed E-state index contributed by atoms with van der Waals surface area (Å²) in [5.74, 6) is -1.56. The molecule has 0 saturated carbocycles. The van der Waals surface area contributed by atoms with Crippen LogP contribution in [0.3, 0.4) is 0 Å². The maximum Gasteiger partial charge on any atom is 0.471 e. The number of carbonyl (C=O) groups is 1. The monoisotopic (exact) mass is 277 g/mol. The van der Waals surface area contributed by atoms with Crippen LogP contribution in [0.25, 0.3) is 11.4 Å². The van der Waals surface area contributed by atoms with Gasteiger partial charge in [0.1, 0.15) is 0 Å². The minimum absolute atomic E-state index is 0.163. The maximum absolute atomic E-state index is 12.3. The summed E-state index contributed by atoms with van der Waals surface area (Å²) in [5, 5.41) is 5.36. The van der Waals surface area contributed by atoms with Crippen molar-refractivity contribution in [1.82, 2.24) is 10.1 Å². The van der Waals surface area contributed by atoms with E-state index in [9.17, 15) is 18.0 Å². The van der Waals surface area contributed by atoms with Crippen LogP contribution >= 0.6 is 11.3 Å². The Kier molecular flexibility index (Phi) is 3.07. The van der Waals surface area contributed by atoms with Gasteiger partial charge >= 0.3 is 12.1 Å². The first-order valence-electron chi connectivity index (χ1n) is 4.60. The third kappa shape index (κ3) is 2.35. The summed E-state index contributed by atoms with van der Waals surface area (Å²) in [4.78, 5) is 15.1. The maximum atomic E-state index is 12.3. The van der Waals surface area contributed by atoms with Crippen LogP contribution < -0.4 is 4.90 Å². The van der Waals surface area contributed by atoms with E-state index >= 15 is 0 Å². The predicted molar refractivity (Wildman–Crippen MR) is 57.1 cm³/mol. The Morgan fingerprint density at radius 1 is 1.50 bits per heavy atom. The van der Waals surface area contributed by atoms with Gasteiger partial charge in [0.15, 0.2) is 0 Å². The van der Waals surface area contributed by atoms with Gasteiger partial charge in [0.25, 0.3) is 0 Å². The Bertz CT molecular complexity index is 563. The molecule has 0 unspecified atom stereocenters. The number of alkyl halides is 3. The lowest BCUT2D eigenvalue weighted by Crippen LogP contribution is -2.11. The number of nitrogens with zero attached hydrogens (tertiary/aromatic N) is 3. The Balaban J connectivity index is 2.29. The second-order valence-corrected chi connectivity index (χ2v) is 4.20.